The number of rotatable bonds is 7. The molecule has 0 saturated carbocycles. The van der Waals surface area contributed by atoms with Gasteiger partial charge in [-0.2, -0.15) is 0 Å². The van der Waals surface area contributed by atoms with Crippen LogP contribution in [0.4, 0.5) is 11.5 Å². The maximum Gasteiger partial charge on any atom is 3.00 e. The second kappa shape index (κ2) is 17.1. The summed E-state index contributed by atoms with van der Waals surface area (Å²) in [5, 5.41) is 29.0. The normalized spacial score (nSPS) is 13.2. The van der Waals surface area contributed by atoms with E-state index in [2.05, 4.69) is 127 Å². The molecule has 0 amide bonds. The van der Waals surface area contributed by atoms with Gasteiger partial charge in [0, 0.05) is 16.7 Å². The summed E-state index contributed by atoms with van der Waals surface area (Å²) in [5.41, 5.74) is 24.4. The molecule has 50 heavy (non-hydrogen) atoms. The third-order valence-electron chi connectivity index (χ3n) is 8.81. The van der Waals surface area contributed by atoms with Crippen LogP contribution in [0.15, 0.2) is 48.6 Å². The molecule has 3 heterocycles. The Kier molecular flexibility index (Phi) is 14.8. The minimum Gasteiger partial charge on any atom is -1.00 e. The topological polar surface area (TPSA) is 98.0 Å². The predicted molar refractivity (Wildman–Crippen MR) is 187 cm³/mol. The van der Waals surface area contributed by atoms with Gasteiger partial charge in [-0.1, -0.05) is 53.1 Å². The molecule has 0 bridgehead atoms. The molecule has 4 N–H and O–H groups in total. The van der Waals surface area contributed by atoms with E-state index in [0.29, 0.717) is 24.6 Å². The van der Waals surface area contributed by atoms with Gasteiger partial charge < -0.3 is 52.0 Å². The van der Waals surface area contributed by atoms with E-state index in [4.69, 9.17) is 9.85 Å². The van der Waals surface area contributed by atoms with Crippen LogP contribution in [0, 0.1) is 62.3 Å². The fourth-order valence-electron chi connectivity index (χ4n) is 7.39. The van der Waals surface area contributed by atoms with Gasteiger partial charge in [0.15, 0.2) is 5.82 Å². The zero-order valence-electron chi connectivity index (χ0n) is 29.8. The Morgan fingerprint density at radius 1 is 0.600 bits per heavy atom. The van der Waals surface area contributed by atoms with E-state index in [-0.39, 0.29) is 63.1 Å². The van der Waals surface area contributed by atoms with Gasteiger partial charge in [0.25, 0.3) is 0 Å². The molecule has 0 atom stereocenters. The Bertz CT molecular complexity index is 1880. The number of hydrogen-bond acceptors (Lipinski definition) is 8. The molecule has 4 aromatic rings. The molecule has 0 spiro atoms. The second-order valence-corrected chi connectivity index (χ2v) is 12.8. The van der Waals surface area contributed by atoms with Crippen molar-refractivity contribution in [1.82, 2.24) is 20.8 Å². The van der Waals surface area contributed by atoms with E-state index >= 15 is 0 Å². The molecular formula is C36H43BCl3HfN6O3. The number of aromatic nitrogens is 2. The van der Waals surface area contributed by atoms with Crippen molar-refractivity contribution < 1.29 is 77.9 Å². The second-order valence-electron chi connectivity index (χ2n) is 12.8. The molecule has 1 aromatic heterocycles. The van der Waals surface area contributed by atoms with E-state index in [1.54, 1.807) is 0 Å². The molecule has 6 rings (SSSR count). The van der Waals surface area contributed by atoms with E-state index in [0.717, 1.165) is 44.9 Å². The number of benzene rings is 3. The summed E-state index contributed by atoms with van der Waals surface area (Å²) in [4.78, 5) is 1.25. The molecule has 2 aliphatic rings. The van der Waals surface area contributed by atoms with Crippen LogP contribution < -0.4 is 62.8 Å². The molecule has 0 unspecified atom stereocenters. The van der Waals surface area contributed by atoms with Crippen molar-refractivity contribution >= 4 is 30.2 Å². The maximum atomic E-state index is 10.0. The Morgan fingerprint density at radius 2 is 0.960 bits per heavy atom. The monoisotopic (exact) mass is 903 g/mol. The van der Waals surface area contributed by atoms with Crippen molar-refractivity contribution in [1.29, 1.82) is 0 Å². The molecule has 2 aliphatic heterocycles. The first-order valence-corrected chi connectivity index (χ1v) is 15.7. The molecule has 0 aliphatic carbocycles. The van der Waals surface area contributed by atoms with Crippen LogP contribution in [0.5, 0.6) is 0 Å². The third kappa shape index (κ3) is 8.24. The molecular weight excluding hydrogens is 860 g/mol. The maximum absolute atomic E-state index is 10.0. The summed E-state index contributed by atoms with van der Waals surface area (Å²) in [7, 11) is -2.07. The fraction of sp³-hybridized carbons (Fsp3) is 0.306. The fourth-order valence-corrected chi connectivity index (χ4v) is 7.39. The Balaban J connectivity index is 0.00000217. The SMILES string of the molecule is Cc1cc(C)c(C2=CCN(c3nn(OB(O)O)c(-c4c(C)cc(C)cc4C)c3N3CC=C(c4c(C)cc(C)cc4C)N3)N2)c(C)c1.[Cl-].[Cl-].[Cl-].[Hf+3]. The van der Waals surface area contributed by atoms with Crippen molar-refractivity contribution in [3.8, 4) is 11.3 Å². The van der Waals surface area contributed by atoms with E-state index < -0.39 is 7.32 Å². The van der Waals surface area contributed by atoms with Crippen molar-refractivity contribution in [2.75, 3.05) is 23.1 Å². The van der Waals surface area contributed by atoms with Crippen LogP contribution in [0.1, 0.15) is 61.2 Å². The number of nitrogens with one attached hydrogen (secondary N) is 2. The van der Waals surface area contributed by atoms with Gasteiger partial charge in [-0.05, 0) is 108 Å². The smallest absolute Gasteiger partial charge is 1.00 e. The summed E-state index contributed by atoms with van der Waals surface area (Å²) in [6, 6.07) is 13.0. The molecule has 263 valence electrons. The van der Waals surface area contributed by atoms with Crippen LogP contribution in [0.2, 0.25) is 0 Å². The number of aryl methyl sites for hydroxylation is 9. The van der Waals surface area contributed by atoms with Gasteiger partial charge in [0.05, 0.1) is 24.5 Å². The van der Waals surface area contributed by atoms with Crippen LogP contribution in [0.25, 0.3) is 22.7 Å². The van der Waals surface area contributed by atoms with E-state index in [9.17, 15) is 10.0 Å². The van der Waals surface area contributed by atoms with Crippen LogP contribution >= 0.6 is 0 Å². The molecule has 14 heteroatoms. The summed E-state index contributed by atoms with van der Waals surface area (Å²) < 4.78 is 5.58. The van der Waals surface area contributed by atoms with Crippen molar-refractivity contribution in [2.45, 2.75) is 62.3 Å². The average Bonchev–Trinajstić information content (AvgIpc) is 3.67. The minimum absolute atomic E-state index is 0. The van der Waals surface area contributed by atoms with Gasteiger partial charge in [-0.25, -0.2) is 0 Å². The number of nitrogens with zero attached hydrogens (tertiary/aromatic N) is 4. The van der Waals surface area contributed by atoms with Gasteiger partial charge in [0.2, 0.25) is 0 Å². The first-order valence-electron chi connectivity index (χ1n) is 15.7. The predicted octanol–water partition coefficient (Wildman–Crippen LogP) is -3.54. The summed E-state index contributed by atoms with van der Waals surface area (Å²) in [5.74, 6) is 0.586. The molecule has 3 aromatic carbocycles. The molecule has 0 saturated heterocycles. The van der Waals surface area contributed by atoms with Crippen molar-refractivity contribution in [2.24, 2.45) is 0 Å². The summed E-state index contributed by atoms with van der Waals surface area (Å²) >= 11 is 0. The zero-order valence-corrected chi connectivity index (χ0v) is 35.7. The van der Waals surface area contributed by atoms with Gasteiger partial charge in [0.1, 0.15) is 11.4 Å². The Labute approximate surface area is 333 Å². The summed E-state index contributed by atoms with van der Waals surface area (Å²) in [6.45, 7) is 20.1. The largest absolute Gasteiger partial charge is 3.00 e. The number of hydrogen-bond donors (Lipinski definition) is 4. The number of halogens is 3. The minimum atomic E-state index is -2.07. The zero-order chi connectivity index (χ0) is 33.0. The van der Waals surface area contributed by atoms with E-state index in [1.165, 1.54) is 43.8 Å². The van der Waals surface area contributed by atoms with Gasteiger partial charge in [-0.15, -0.1) is 9.94 Å². The average molecular weight is 903 g/mol. The first kappa shape index (κ1) is 43.2. The number of hydrazine groups is 2. The Hall–Kier alpha value is -2.92. The van der Waals surface area contributed by atoms with Crippen LogP contribution in [0.3, 0.4) is 0 Å². The Morgan fingerprint density at radius 3 is 1.36 bits per heavy atom. The van der Waals surface area contributed by atoms with Crippen molar-refractivity contribution in [3.63, 3.8) is 0 Å². The third-order valence-corrected chi connectivity index (χ3v) is 8.81. The standard InChI is InChI=1S/C36H43BN6O3.3ClH.Hf/c1-20-14-23(4)31(24(5)15-20)29-10-12-41(38-29)35-34(33-27(8)18-22(3)19-28(33)9)43(46-37(44)45)40-36(35)42-13-11-30(39-42)32-25(6)16-21(2)17-26(32)7;;;;/h10-11,14-19,38-39,44-45H,12-13H2,1-9H3;3*1H;/q;;;;+3/p-3. The molecule has 0 fully saturated rings. The van der Waals surface area contributed by atoms with Gasteiger partial charge in [-0.3, -0.25) is 20.9 Å². The number of anilines is 2. The molecule has 9 nitrogen and oxygen atoms in total. The molecule has 1 radical (unpaired) electrons. The van der Waals surface area contributed by atoms with Crippen LogP contribution in [-0.2, 0) is 25.8 Å². The van der Waals surface area contributed by atoms with Crippen LogP contribution in [-0.4, -0.2) is 40.4 Å². The van der Waals surface area contributed by atoms with Crippen molar-refractivity contribution in [3.05, 3.63) is 110 Å². The first-order chi connectivity index (χ1) is 21.8. The van der Waals surface area contributed by atoms with Gasteiger partial charge >= 0.3 is 33.2 Å². The van der Waals surface area contributed by atoms with E-state index in [1.807, 2.05) is 5.01 Å². The summed E-state index contributed by atoms with van der Waals surface area (Å²) in [6.07, 6.45) is 4.35. The quantitative estimate of drug-likeness (QED) is 0.142.